The van der Waals surface area contributed by atoms with Gasteiger partial charge in [-0.05, 0) is 13.8 Å². The minimum absolute atomic E-state index is 0.0283. The van der Waals surface area contributed by atoms with Gasteiger partial charge in [0, 0.05) is 25.0 Å². The second kappa shape index (κ2) is 7.19. The lowest BCUT2D eigenvalue weighted by Crippen LogP contribution is -2.45. The molecule has 8 heteroatoms. The molecular weight excluding hydrogens is 332 g/mol. The summed E-state index contributed by atoms with van der Waals surface area (Å²) in [6.45, 7) is 12.5. The van der Waals surface area contributed by atoms with Crippen LogP contribution in [0.15, 0.2) is 12.5 Å². The molecule has 142 valence electrons. The summed E-state index contributed by atoms with van der Waals surface area (Å²) < 4.78 is 7.63. The quantitative estimate of drug-likeness (QED) is 0.891. The zero-order valence-corrected chi connectivity index (χ0v) is 16.2. The standard InChI is InChI=1S/C18H28N6O2/c1-12-9-23(10-13(2)26-12)15-14-8-22-24(16(14)21-11-20-15)7-6-19-17(25)18(3,4)5/h8,11-13H,6-7,9-10H2,1-5H3,(H,19,25). The maximum atomic E-state index is 12.0. The average molecular weight is 360 g/mol. The molecule has 3 heterocycles. The van der Waals surface area contributed by atoms with E-state index in [1.54, 1.807) is 12.5 Å². The van der Waals surface area contributed by atoms with Gasteiger partial charge < -0.3 is 15.0 Å². The first-order valence-corrected chi connectivity index (χ1v) is 9.11. The van der Waals surface area contributed by atoms with Gasteiger partial charge >= 0.3 is 0 Å². The van der Waals surface area contributed by atoms with Crippen molar-refractivity contribution in [2.75, 3.05) is 24.5 Å². The molecule has 1 N–H and O–H groups in total. The average Bonchev–Trinajstić information content (AvgIpc) is 2.96. The maximum Gasteiger partial charge on any atom is 0.225 e. The highest BCUT2D eigenvalue weighted by molar-refractivity contribution is 5.86. The lowest BCUT2D eigenvalue weighted by Gasteiger charge is -2.36. The van der Waals surface area contributed by atoms with Crippen LogP contribution in [0.25, 0.3) is 11.0 Å². The first-order chi connectivity index (χ1) is 12.3. The number of carbonyl (C=O) groups excluding carboxylic acids is 1. The third-order valence-electron chi connectivity index (χ3n) is 4.42. The Labute approximate surface area is 153 Å². The van der Waals surface area contributed by atoms with Crippen LogP contribution in [0.5, 0.6) is 0 Å². The Kier molecular flexibility index (Phi) is 5.13. The Morgan fingerprint density at radius 2 is 1.96 bits per heavy atom. The van der Waals surface area contributed by atoms with Crippen molar-refractivity contribution in [3.8, 4) is 0 Å². The highest BCUT2D eigenvalue weighted by atomic mass is 16.5. The van der Waals surface area contributed by atoms with Crippen molar-refractivity contribution in [3.05, 3.63) is 12.5 Å². The first kappa shape index (κ1) is 18.6. The molecule has 0 aromatic carbocycles. The fourth-order valence-electron chi connectivity index (χ4n) is 3.19. The minimum atomic E-state index is -0.398. The molecule has 0 spiro atoms. The summed E-state index contributed by atoms with van der Waals surface area (Å²) in [7, 11) is 0. The number of amides is 1. The molecule has 1 aliphatic heterocycles. The predicted molar refractivity (Wildman–Crippen MR) is 100 cm³/mol. The second-order valence-electron chi connectivity index (χ2n) is 7.97. The van der Waals surface area contributed by atoms with Gasteiger partial charge in [-0.25, -0.2) is 14.6 Å². The Balaban J connectivity index is 1.75. The Morgan fingerprint density at radius 3 is 2.62 bits per heavy atom. The number of nitrogens with zero attached hydrogens (tertiary/aromatic N) is 5. The number of morpholine rings is 1. The summed E-state index contributed by atoms with van der Waals surface area (Å²) >= 11 is 0. The number of nitrogens with one attached hydrogen (secondary N) is 1. The lowest BCUT2D eigenvalue weighted by molar-refractivity contribution is -0.128. The number of fused-ring (bicyclic) bond motifs is 1. The zero-order valence-electron chi connectivity index (χ0n) is 16.2. The smallest absolute Gasteiger partial charge is 0.225 e. The summed E-state index contributed by atoms with van der Waals surface area (Å²) in [5.74, 6) is 0.919. The van der Waals surface area contributed by atoms with E-state index in [0.717, 1.165) is 29.9 Å². The Morgan fingerprint density at radius 1 is 1.27 bits per heavy atom. The van der Waals surface area contributed by atoms with Crippen molar-refractivity contribution in [2.45, 2.75) is 53.4 Å². The van der Waals surface area contributed by atoms with Crippen LogP contribution >= 0.6 is 0 Å². The number of hydrogen-bond donors (Lipinski definition) is 1. The lowest BCUT2D eigenvalue weighted by atomic mass is 9.96. The van der Waals surface area contributed by atoms with E-state index < -0.39 is 5.41 Å². The summed E-state index contributed by atoms with van der Waals surface area (Å²) in [4.78, 5) is 23.1. The number of rotatable bonds is 4. The molecule has 1 aliphatic rings. The molecular formula is C18H28N6O2. The molecule has 1 amide bonds. The molecule has 0 aliphatic carbocycles. The third-order valence-corrected chi connectivity index (χ3v) is 4.42. The third kappa shape index (κ3) is 3.95. The van der Waals surface area contributed by atoms with Crippen LogP contribution < -0.4 is 10.2 Å². The van der Waals surface area contributed by atoms with E-state index in [1.807, 2.05) is 25.5 Å². The van der Waals surface area contributed by atoms with Crippen molar-refractivity contribution in [3.63, 3.8) is 0 Å². The summed E-state index contributed by atoms with van der Waals surface area (Å²) in [6, 6.07) is 0. The first-order valence-electron chi connectivity index (χ1n) is 9.11. The van der Waals surface area contributed by atoms with E-state index in [1.165, 1.54) is 0 Å². The van der Waals surface area contributed by atoms with Crippen LogP contribution in [0, 0.1) is 5.41 Å². The molecule has 2 aromatic rings. The van der Waals surface area contributed by atoms with Crippen LogP contribution in [0.1, 0.15) is 34.6 Å². The van der Waals surface area contributed by atoms with Crippen LogP contribution in [0.3, 0.4) is 0 Å². The molecule has 2 unspecified atom stereocenters. The molecule has 1 saturated heterocycles. The molecule has 2 aromatic heterocycles. The van der Waals surface area contributed by atoms with Gasteiger partial charge in [0.15, 0.2) is 5.65 Å². The van der Waals surface area contributed by atoms with Crippen molar-refractivity contribution < 1.29 is 9.53 Å². The highest BCUT2D eigenvalue weighted by Crippen LogP contribution is 2.25. The predicted octanol–water partition coefficient (Wildman–Crippen LogP) is 1.60. The molecule has 26 heavy (non-hydrogen) atoms. The summed E-state index contributed by atoms with van der Waals surface area (Å²) in [5.41, 5.74) is 0.387. The Bertz CT molecular complexity index is 772. The number of anilines is 1. The van der Waals surface area contributed by atoms with Crippen LogP contribution in [-0.4, -0.2) is 57.5 Å². The van der Waals surface area contributed by atoms with Gasteiger partial charge in [-0.2, -0.15) is 5.10 Å². The summed E-state index contributed by atoms with van der Waals surface area (Å²) in [5, 5.41) is 8.32. The molecule has 0 saturated carbocycles. The number of aromatic nitrogens is 4. The number of hydrogen-bond acceptors (Lipinski definition) is 6. The highest BCUT2D eigenvalue weighted by Gasteiger charge is 2.25. The van der Waals surface area contributed by atoms with E-state index in [4.69, 9.17) is 4.74 Å². The van der Waals surface area contributed by atoms with Crippen LogP contribution in [0.4, 0.5) is 5.82 Å². The van der Waals surface area contributed by atoms with E-state index in [-0.39, 0.29) is 18.1 Å². The van der Waals surface area contributed by atoms with E-state index >= 15 is 0 Å². The van der Waals surface area contributed by atoms with Crippen molar-refractivity contribution in [1.82, 2.24) is 25.1 Å². The van der Waals surface area contributed by atoms with Crippen LogP contribution in [-0.2, 0) is 16.1 Å². The van der Waals surface area contributed by atoms with E-state index in [2.05, 4.69) is 39.1 Å². The van der Waals surface area contributed by atoms with Gasteiger partial charge in [0.1, 0.15) is 12.1 Å². The maximum absolute atomic E-state index is 12.0. The molecule has 3 rings (SSSR count). The number of ether oxygens (including phenoxy) is 1. The Hall–Kier alpha value is -2.22. The van der Waals surface area contributed by atoms with Gasteiger partial charge in [-0.1, -0.05) is 20.8 Å². The molecule has 8 nitrogen and oxygen atoms in total. The molecule has 0 bridgehead atoms. The van der Waals surface area contributed by atoms with Gasteiger partial charge in [0.25, 0.3) is 0 Å². The van der Waals surface area contributed by atoms with E-state index in [9.17, 15) is 4.79 Å². The molecule has 1 fully saturated rings. The number of carbonyl (C=O) groups is 1. The van der Waals surface area contributed by atoms with Crippen molar-refractivity contribution in [1.29, 1.82) is 0 Å². The normalized spacial score (nSPS) is 21.2. The second-order valence-corrected chi connectivity index (χ2v) is 7.97. The van der Waals surface area contributed by atoms with Gasteiger partial charge in [0.05, 0.1) is 30.3 Å². The minimum Gasteiger partial charge on any atom is -0.372 e. The molecule has 2 atom stereocenters. The van der Waals surface area contributed by atoms with Gasteiger partial charge in [-0.3, -0.25) is 4.79 Å². The van der Waals surface area contributed by atoms with Gasteiger partial charge in [0.2, 0.25) is 5.91 Å². The monoisotopic (exact) mass is 360 g/mol. The van der Waals surface area contributed by atoms with Crippen LogP contribution in [0.2, 0.25) is 0 Å². The van der Waals surface area contributed by atoms with Crippen molar-refractivity contribution >= 4 is 22.8 Å². The van der Waals surface area contributed by atoms with E-state index in [0.29, 0.717) is 13.1 Å². The topological polar surface area (TPSA) is 85.2 Å². The largest absolute Gasteiger partial charge is 0.372 e. The molecule has 0 radical (unpaired) electrons. The fraction of sp³-hybridized carbons (Fsp3) is 0.667. The zero-order chi connectivity index (χ0) is 18.9. The SMILES string of the molecule is CC1CN(c2ncnc3c2cnn3CCNC(=O)C(C)(C)C)CC(C)O1. The van der Waals surface area contributed by atoms with Crippen molar-refractivity contribution in [2.24, 2.45) is 5.41 Å². The van der Waals surface area contributed by atoms with Gasteiger partial charge in [-0.15, -0.1) is 0 Å². The fourth-order valence-corrected chi connectivity index (χ4v) is 3.19. The summed E-state index contributed by atoms with van der Waals surface area (Å²) in [6.07, 6.45) is 3.70.